The maximum atomic E-state index is 11.7. The first-order valence-corrected chi connectivity index (χ1v) is 5.96. The lowest BCUT2D eigenvalue weighted by Gasteiger charge is -2.08. The number of nitrogens with zero attached hydrogens (tertiary/aromatic N) is 3. The summed E-state index contributed by atoms with van der Waals surface area (Å²) in [6.45, 7) is 0.290. The second-order valence-electron chi connectivity index (χ2n) is 3.55. The lowest BCUT2D eigenvalue weighted by molar-refractivity contribution is -0.122. The van der Waals surface area contributed by atoms with Crippen LogP contribution in [0, 0.1) is 0 Å². The van der Waals surface area contributed by atoms with Gasteiger partial charge >= 0.3 is 0 Å². The first kappa shape index (κ1) is 11.7. The molecule has 2 aromatic rings. The second kappa shape index (κ2) is 5.07. The van der Waals surface area contributed by atoms with Gasteiger partial charge in [-0.3, -0.25) is 9.48 Å². The Morgan fingerprint density at radius 1 is 1.71 bits per heavy atom. The summed E-state index contributed by atoms with van der Waals surface area (Å²) in [6.07, 6.45) is 1.58. The number of hydrogen-bond donors (Lipinski definition) is 2. The van der Waals surface area contributed by atoms with Crippen LogP contribution in [0.3, 0.4) is 0 Å². The van der Waals surface area contributed by atoms with Crippen LogP contribution in [0.2, 0.25) is 0 Å². The second-order valence-corrected chi connectivity index (χ2v) is 4.52. The summed E-state index contributed by atoms with van der Waals surface area (Å²) >= 11 is 1.46. The molecule has 0 radical (unpaired) electrons. The Labute approximate surface area is 102 Å². The molecule has 6 nitrogen and oxygen atoms in total. The summed E-state index contributed by atoms with van der Waals surface area (Å²) < 4.78 is 1.58. The van der Waals surface area contributed by atoms with E-state index in [-0.39, 0.29) is 5.91 Å². The van der Waals surface area contributed by atoms with Crippen molar-refractivity contribution in [3.8, 4) is 0 Å². The number of thiophene rings is 1. The molecule has 0 aromatic carbocycles. The van der Waals surface area contributed by atoms with Crippen LogP contribution in [0.25, 0.3) is 0 Å². The minimum absolute atomic E-state index is 0.222. The Balaban J connectivity index is 1.89. The molecule has 1 unspecified atom stereocenters. The molecule has 2 aromatic heterocycles. The van der Waals surface area contributed by atoms with Crippen molar-refractivity contribution < 1.29 is 4.79 Å². The molecule has 0 saturated heterocycles. The Bertz CT molecular complexity index is 493. The third-order valence-corrected chi connectivity index (χ3v) is 3.16. The summed E-state index contributed by atoms with van der Waals surface area (Å²) in [5.74, 6) is 0.346. The van der Waals surface area contributed by atoms with Crippen molar-refractivity contribution in [1.82, 2.24) is 20.1 Å². The van der Waals surface area contributed by atoms with Gasteiger partial charge in [0.2, 0.25) is 5.91 Å². The van der Waals surface area contributed by atoms with Crippen LogP contribution in [-0.2, 0) is 18.4 Å². The van der Waals surface area contributed by atoms with Gasteiger partial charge in [-0.25, -0.2) is 4.98 Å². The van der Waals surface area contributed by atoms with Crippen molar-refractivity contribution in [2.45, 2.75) is 12.6 Å². The predicted molar refractivity (Wildman–Crippen MR) is 64.1 cm³/mol. The highest BCUT2D eigenvalue weighted by atomic mass is 32.1. The predicted octanol–water partition coefficient (Wildman–Crippen LogP) is 0.193. The van der Waals surface area contributed by atoms with E-state index in [0.717, 1.165) is 4.88 Å². The third-order valence-electron chi connectivity index (χ3n) is 2.20. The summed E-state index contributed by atoms with van der Waals surface area (Å²) in [5, 5.41) is 8.65. The fraction of sp³-hybridized carbons (Fsp3) is 0.300. The lowest BCUT2D eigenvalue weighted by atomic mass is 10.2. The van der Waals surface area contributed by atoms with Crippen molar-refractivity contribution in [3.05, 3.63) is 34.5 Å². The molecule has 2 heterocycles. The summed E-state index contributed by atoms with van der Waals surface area (Å²) in [7, 11) is 1.77. The molecule has 0 spiro atoms. The highest BCUT2D eigenvalue weighted by Crippen LogP contribution is 2.16. The van der Waals surface area contributed by atoms with E-state index in [9.17, 15) is 4.79 Å². The molecule has 0 aliphatic rings. The van der Waals surface area contributed by atoms with Gasteiger partial charge in [-0.05, 0) is 11.4 Å². The largest absolute Gasteiger partial charge is 0.347 e. The van der Waals surface area contributed by atoms with E-state index in [1.54, 1.807) is 18.1 Å². The average Bonchev–Trinajstić information content (AvgIpc) is 2.95. The van der Waals surface area contributed by atoms with Crippen LogP contribution < -0.4 is 11.1 Å². The fourth-order valence-electron chi connectivity index (χ4n) is 1.34. The summed E-state index contributed by atoms with van der Waals surface area (Å²) in [4.78, 5) is 16.6. The highest BCUT2D eigenvalue weighted by molar-refractivity contribution is 7.10. The number of nitrogens with one attached hydrogen (secondary N) is 1. The quantitative estimate of drug-likeness (QED) is 0.812. The van der Waals surface area contributed by atoms with Crippen LogP contribution in [-0.4, -0.2) is 20.7 Å². The molecular weight excluding hydrogens is 238 g/mol. The van der Waals surface area contributed by atoms with E-state index in [4.69, 9.17) is 5.73 Å². The molecule has 90 valence electrons. The average molecular weight is 251 g/mol. The van der Waals surface area contributed by atoms with Crippen LogP contribution in [0.15, 0.2) is 23.8 Å². The highest BCUT2D eigenvalue weighted by Gasteiger charge is 2.16. The molecule has 3 N–H and O–H groups in total. The van der Waals surface area contributed by atoms with Crippen LogP contribution in [0.1, 0.15) is 16.7 Å². The number of rotatable bonds is 4. The minimum atomic E-state index is -0.626. The number of hydrogen-bond acceptors (Lipinski definition) is 5. The smallest absolute Gasteiger partial charge is 0.242 e. The van der Waals surface area contributed by atoms with Crippen molar-refractivity contribution in [2.24, 2.45) is 12.8 Å². The topological polar surface area (TPSA) is 85.8 Å². The van der Waals surface area contributed by atoms with Gasteiger partial charge in [0.1, 0.15) is 12.4 Å². The number of amides is 1. The molecule has 0 fully saturated rings. The minimum Gasteiger partial charge on any atom is -0.347 e. The van der Waals surface area contributed by atoms with E-state index in [2.05, 4.69) is 15.4 Å². The molecule has 0 bridgehead atoms. The zero-order valence-electron chi connectivity index (χ0n) is 9.33. The normalized spacial score (nSPS) is 12.4. The number of carbonyl (C=O) groups excluding carboxylic acids is 1. The Kier molecular flexibility index (Phi) is 3.50. The number of aryl methyl sites for hydroxylation is 1. The maximum Gasteiger partial charge on any atom is 0.242 e. The summed E-state index contributed by atoms with van der Waals surface area (Å²) in [5.41, 5.74) is 5.80. The van der Waals surface area contributed by atoms with E-state index >= 15 is 0 Å². The van der Waals surface area contributed by atoms with Gasteiger partial charge in [0.15, 0.2) is 5.82 Å². The van der Waals surface area contributed by atoms with Gasteiger partial charge in [-0.2, -0.15) is 5.10 Å². The molecule has 0 saturated carbocycles. The molecule has 2 rings (SSSR count). The first-order valence-electron chi connectivity index (χ1n) is 5.08. The van der Waals surface area contributed by atoms with Crippen molar-refractivity contribution in [3.63, 3.8) is 0 Å². The van der Waals surface area contributed by atoms with Gasteiger partial charge in [0.25, 0.3) is 0 Å². The zero-order chi connectivity index (χ0) is 12.3. The lowest BCUT2D eigenvalue weighted by Crippen LogP contribution is -2.33. The van der Waals surface area contributed by atoms with Crippen LogP contribution in [0.5, 0.6) is 0 Å². The van der Waals surface area contributed by atoms with E-state index in [1.807, 2.05) is 17.5 Å². The van der Waals surface area contributed by atoms with Crippen LogP contribution >= 0.6 is 11.3 Å². The molecule has 0 aliphatic heterocycles. The number of carbonyl (C=O) groups is 1. The van der Waals surface area contributed by atoms with E-state index in [0.29, 0.717) is 12.4 Å². The SMILES string of the molecule is Cn1cnc(CNC(=O)C(N)c2cccs2)n1. The Morgan fingerprint density at radius 3 is 3.12 bits per heavy atom. The van der Waals surface area contributed by atoms with Crippen LogP contribution in [0.4, 0.5) is 0 Å². The maximum absolute atomic E-state index is 11.7. The fourth-order valence-corrected chi connectivity index (χ4v) is 2.06. The van der Waals surface area contributed by atoms with E-state index in [1.165, 1.54) is 11.3 Å². The van der Waals surface area contributed by atoms with Gasteiger partial charge in [0.05, 0.1) is 6.54 Å². The molecule has 7 heteroatoms. The Morgan fingerprint density at radius 2 is 2.53 bits per heavy atom. The summed E-state index contributed by atoms with van der Waals surface area (Å²) in [6, 6.07) is 3.08. The first-order chi connectivity index (χ1) is 8.16. The van der Waals surface area contributed by atoms with Gasteiger partial charge in [0, 0.05) is 11.9 Å². The van der Waals surface area contributed by atoms with Crippen molar-refractivity contribution in [1.29, 1.82) is 0 Å². The van der Waals surface area contributed by atoms with Gasteiger partial charge in [-0.1, -0.05) is 6.07 Å². The number of aromatic nitrogens is 3. The molecule has 0 aliphatic carbocycles. The van der Waals surface area contributed by atoms with E-state index < -0.39 is 6.04 Å². The Hall–Kier alpha value is -1.73. The standard InChI is InChI=1S/C10H13N5OS/c1-15-6-13-8(14-15)5-12-10(16)9(11)7-3-2-4-17-7/h2-4,6,9H,5,11H2,1H3,(H,12,16). The zero-order valence-corrected chi connectivity index (χ0v) is 10.1. The molecule has 1 atom stereocenters. The van der Waals surface area contributed by atoms with Gasteiger partial charge < -0.3 is 11.1 Å². The molecule has 17 heavy (non-hydrogen) atoms. The number of nitrogens with two attached hydrogens (primary N) is 1. The third kappa shape index (κ3) is 2.89. The van der Waals surface area contributed by atoms with Crippen molar-refractivity contribution in [2.75, 3.05) is 0 Å². The van der Waals surface area contributed by atoms with Gasteiger partial charge in [-0.15, -0.1) is 11.3 Å². The molecule has 1 amide bonds. The molecular formula is C10H13N5OS. The monoisotopic (exact) mass is 251 g/mol. The van der Waals surface area contributed by atoms with Crippen molar-refractivity contribution >= 4 is 17.2 Å².